The highest BCUT2D eigenvalue weighted by atomic mass is 19.2. The van der Waals surface area contributed by atoms with Crippen molar-refractivity contribution in [3.8, 4) is 17.1 Å². The van der Waals surface area contributed by atoms with Gasteiger partial charge in [-0.2, -0.15) is 24.4 Å². The third-order valence-electron chi connectivity index (χ3n) is 5.72. The predicted molar refractivity (Wildman–Crippen MR) is 122 cm³/mol. The van der Waals surface area contributed by atoms with Crippen molar-refractivity contribution in [2.45, 2.75) is 32.0 Å². The molecule has 0 saturated carbocycles. The lowest BCUT2D eigenvalue weighted by Gasteiger charge is -2.23. The van der Waals surface area contributed by atoms with Gasteiger partial charge in [-0.1, -0.05) is 18.2 Å². The Morgan fingerprint density at radius 1 is 1.15 bits per heavy atom. The molecule has 1 atom stereocenters. The molecular formula is C23H23F2N7O2. The zero-order valence-corrected chi connectivity index (χ0v) is 18.5. The maximum absolute atomic E-state index is 14.3. The molecule has 0 bridgehead atoms. The number of aromatic nitrogens is 5. The predicted octanol–water partition coefficient (Wildman–Crippen LogP) is 4.07. The SMILES string of the molecule is COc1ccc(CNc2nc(N)nc(-c3ccc4cnn(C5CCCCO5)c4c3)n2)c(F)c1F. The van der Waals surface area contributed by atoms with Crippen LogP contribution >= 0.6 is 0 Å². The Morgan fingerprint density at radius 2 is 2.03 bits per heavy atom. The van der Waals surface area contributed by atoms with E-state index in [-0.39, 0.29) is 36.0 Å². The van der Waals surface area contributed by atoms with Gasteiger partial charge in [0.2, 0.25) is 17.7 Å². The first kappa shape index (κ1) is 22.0. The van der Waals surface area contributed by atoms with Crippen LogP contribution in [0.5, 0.6) is 5.75 Å². The molecule has 3 N–H and O–H groups in total. The van der Waals surface area contributed by atoms with Crippen molar-refractivity contribution in [2.24, 2.45) is 0 Å². The number of halogens is 2. The molecule has 176 valence electrons. The minimum Gasteiger partial charge on any atom is -0.494 e. The lowest BCUT2D eigenvalue weighted by molar-refractivity contribution is -0.0366. The third-order valence-corrected chi connectivity index (χ3v) is 5.72. The van der Waals surface area contributed by atoms with Crippen molar-refractivity contribution in [1.29, 1.82) is 0 Å². The number of nitrogen functional groups attached to an aromatic ring is 1. The number of nitrogens with zero attached hydrogens (tertiary/aromatic N) is 5. The van der Waals surface area contributed by atoms with Crippen molar-refractivity contribution < 1.29 is 18.3 Å². The molecule has 1 aliphatic heterocycles. The molecule has 1 fully saturated rings. The number of hydrogen-bond acceptors (Lipinski definition) is 8. The number of rotatable bonds is 6. The minimum absolute atomic E-state index is 0.00176. The lowest BCUT2D eigenvalue weighted by Crippen LogP contribution is -2.18. The number of nitrogens with one attached hydrogen (secondary N) is 1. The molecule has 0 aliphatic carbocycles. The molecule has 5 rings (SSSR count). The second kappa shape index (κ2) is 9.18. The molecule has 0 amide bonds. The van der Waals surface area contributed by atoms with Crippen LogP contribution in [-0.2, 0) is 11.3 Å². The summed E-state index contributed by atoms with van der Waals surface area (Å²) in [5, 5.41) is 8.36. The van der Waals surface area contributed by atoms with Crippen LogP contribution in [0.3, 0.4) is 0 Å². The first-order chi connectivity index (χ1) is 16.5. The van der Waals surface area contributed by atoms with E-state index >= 15 is 0 Å². The van der Waals surface area contributed by atoms with Gasteiger partial charge < -0.3 is 20.5 Å². The van der Waals surface area contributed by atoms with Gasteiger partial charge in [0.15, 0.2) is 23.6 Å². The molecule has 0 spiro atoms. The summed E-state index contributed by atoms with van der Waals surface area (Å²) in [6.07, 6.45) is 4.73. The fourth-order valence-corrected chi connectivity index (χ4v) is 3.96. The van der Waals surface area contributed by atoms with Gasteiger partial charge in [-0.3, -0.25) is 0 Å². The number of anilines is 2. The van der Waals surface area contributed by atoms with E-state index in [1.54, 1.807) is 6.20 Å². The molecule has 2 aromatic carbocycles. The summed E-state index contributed by atoms with van der Waals surface area (Å²) in [4.78, 5) is 12.7. The van der Waals surface area contributed by atoms with E-state index in [4.69, 9.17) is 15.2 Å². The standard InChI is InChI=1S/C23H23F2N7O2/c1-33-17-8-7-15(19(24)20(17)25)11-27-23-30-21(29-22(26)31-23)13-5-6-14-12-28-32(16(14)10-13)18-4-2-3-9-34-18/h5-8,10,12,18H,2-4,9,11H2,1H3,(H3,26,27,29,30,31). The van der Waals surface area contributed by atoms with Crippen molar-refractivity contribution in [3.05, 3.63) is 53.7 Å². The molecule has 3 heterocycles. The maximum Gasteiger partial charge on any atom is 0.228 e. The highest BCUT2D eigenvalue weighted by Gasteiger charge is 2.19. The van der Waals surface area contributed by atoms with E-state index in [2.05, 4.69) is 25.4 Å². The lowest BCUT2D eigenvalue weighted by atomic mass is 10.1. The molecule has 9 nitrogen and oxygen atoms in total. The smallest absolute Gasteiger partial charge is 0.228 e. The molecule has 1 unspecified atom stereocenters. The Bertz CT molecular complexity index is 1340. The molecule has 2 aromatic heterocycles. The molecule has 34 heavy (non-hydrogen) atoms. The van der Waals surface area contributed by atoms with E-state index in [0.717, 1.165) is 30.2 Å². The van der Waals surface area contributed by atoms with Gasteiger partial charge in [0, 0.05) is 29.7 Å². The first-order valence-corrected chi connectivity index (χ1v) is 10.9. The van der Waals surface area contributed by atoms with Gasteiger partial charge in [0.05, 0.1) is 18.8 Å². The van der Waals surface area contributed by atoms with Gasteiger partial charge in [-0.25, -0.2) is 9.07 Å². The second-order valence-corrected chi connectivity index (χ2v) is 7.93. The fourth-order valence-electron chi connectivity index (χ4n) is 3.96. The van der Waals surface area contributed by atoms with E-state index in [0.29, 0.717) is 18.0 Å². The summed E-state index contributed by atoms with van der Waals surface area (Å²) < 4.78 is 40.9. The van der Waals surface area contributed by atoms with E-state index in [1.807, 2.05) is 22.9 Å². The van der Waals surface area contributed by atoms with Crippen LogP contribution in [0.25, 0.3) is 22.3 Å². The number of hydrogen-bond donors (Lipinski definition) is 2. The zero-order chi connectivity index (χ0) is 23.7. The van der Waals surface area contributed by atoms with Gasteiger partial charge in [0.25, 0.3) is 0 Å². The minimum atomic E-state index is -1.05. The van der Waals surface area contributed by atoms with E-state index < -0.39 is 11.6 Å². The monoisotopic (exact) mass is 467 g/mol. The average molecular weight is 467 g/mol. The number of benzene rings is 2. The first-order valence-electron chi connectivity index (χ1n) is 10.9. The van der Waals surface area contributed by atoms with Gasteiger partial charge >= 0.3 is 0 Å². The zero-order valence-electron chi connectivity index (χ0n) is 18.5. The molecular weight excluding hydrogens is 444 g/mol. The van der Waals surface area contributed by atoms with Crippen LogP contribution in [0.4, 0.5) is 20.7 Å². The summed E-state index contributed by atoms with van der Waals surface area (Å²) in [6.45, 7) is 0.657. The summed E-state index contributed by atoms with van der Waals surface area (Å²) in [6, 6.07) is 8.51. The van der Waals surface area contributed by atoms with Crippen LogP contribution in [-0.4, -0.2) is 38.4 Å². The van der Waals surface area contributed by atoms with E-state index in [9.17, 15) is 8.78 Å². The Morgan fingerprint density at radius 3 is 2.82 bits per heavy atom. The van der Waals surface area contributed by atoms with Crippen LogP contribution in [0.15, 0.2) is 36.5 Å². The van der Waals surface area contributed by atoms with E-state index in [1.165, 1.54) is 19.2 Å². The Balaban J connectivity index is 1.42. The molecule has 1 saturated heterocycles. The second-order valence-electron chi connectivity index (χ2n) is 7.93. The van der Waals surface area contributed by atoms with Gasteiger partial charge in [-0.15, -0.1) is 0 Å². The highest BCUT2D eigenvalue weighted by molar-refractivity contribution is 5.83. The molecule has 11 heteroatoms. The number of methoxy groups -OCH3 is 1. The molecule has 1 aliphatic rings. The summed E-state index contributed by atoms with van der Waals surface area (Å²) in [7, 11) is 1.28. The Kier molecular flexibility index (Phi) is 5.93. The van der Waals surface area contributed by atoms with Crippen molar-refractivity contribution in [3.63, 3.8) is 0 Å². The fraction of sp³-hybridized carbons (Fsp3) is 0.304. The number of fused-ring (bicyclic) bond motifs is 1. The van der Waals surface area contributed by atoms with Gasteiger partial charge in [0.1, 0.15) is 0 Å². The Labute approximate surface area is 193 Å². The normalized spacial score (nSPS) is 16.0. The van der Waals surface area contributed by atoms with Crippen molar-refractivity contribution >= 4 is 22.8 Å². The third kappa shape index (κ3) is 4.21. The number of nitrogens with two attached hydrogens (primary N) is 1. The Hall–Kier alpha value is -3.86. The summed E-state index contributed by atoms with van der Waals surface area (Å²) >= 11 is 0. The summed E-state index contributed by atoms with van der Waals surface area (Å²) in [5.41, 5.74) is 7.61. The van der Waals surface area contributed by atoms with Crippen LogP contribution in [0.1, 0.15) is 31.1 Å². The van der Waals surface area contributed by atoms with Crippen LogP contribution in [0, 0.1) is 11.6 Å². The molecule has 0 radical (unpaired) electrons. The topological polar surface area (TPSA) is 113 Å². The van der Waals surface area contributed by atoms with Crippen LogP contribution < -0.4 is 15.8 Å². The largest absolute Gasteiger partial charge is 0.494 e. The molecule has 4 aromatic rings. The number of ether oxygens (including phenoxy) is 2. The summed E-state index contributed by atoms with van der Waals surface area (Å²) in [5.74, 6) is -1.74. The highest BCUT2D eigenvalue weighted by Crippen LogP contribution is 2.29. The van der Waals surface area contributed by atoms with Crippen molar-refractivity contribution in [2.75, 3.05) is 24.8 Å². The van der Waals surface area contributed by atoms with Crippen LogP contribution in [0.2, 0.25) is 0 Å². The van der Waals surface area contributed by atoms with Gasteiger partial charge in [-0.05, 0) is 31.4 Å². The quantitative estimate of drug-likeness (QED) is 0.436. The maximum atomic E-state index is 14.3. The van der Waals surface area contributed by atoms with Crippen molar-refractivity contribution in [1.82, 2.24) is 24.7 Å². The average Bonchev–Trinajstić information content (AvgIpc) is 3.28.